The van der Waals surface area contributed by atoms with Crippen molar-refractivity contribution in [3.8, 4) is 0 Å². The normalized spacial score (nSPS) is 10.1. The molecule has 4 nitrogen and oxygen atoms in total. The molecule has 0 spiro atoms. The van der Waals surface area contributed by atoms with Crippen LogP contribution in [0, 0.1) is 0 Å². The van der Waals surface area contributed by atoms with E-state index in [4.69, 9.17) is 11.5 Å². The molecule has 0 heterocycles. The van der Waals surface area contributed by atoms with Gasteiger partial charge in [-0.3, -0.25) is 4.79 Å². The lowest BCUT2D eigenvalue weighted by Gasteiger charge is -2.09. The summed E-state index contributed by atoms with van der Waals surface area (Å²) in [5, 5.41) is 3.23. The molecule has 0 aliphatic rings. The predicted molar refractivity (Wildman–Crippen MR) is 78.0 cm³/mol. The lowest BCUT2D eigenvalue weighted by Crippen LogP contribution is -2.15. The molecule has 19 heavy (non-hydrogen) atoms. The molecule has 0 bridgehead atoms. The number of rotatable bonds is 5. The van der Waals surface area contributed by atoms with Gasteiger partial charge in [0, 0.05) is 17.9 Å². The second kappa shape index (κ2) is 5.91. The number of benzene rings is 2. The molecule has 4 heteroatoms. The fraction of sp³-hybridized carbons (Fsp3) is 0.133. The maximum atomic E-state index is 11.3. The zero-order valence-electron chi connectivity index (χ0n) is 10.6. The summed E-state index contributed by atoms with van der Waals surface area (Å²) >= 11 is 0. The number of anilines is 2. The average Bonchev–Trinajstić information content (AvgIpc) is 2.41. The van der Waals surface area contributed by atoms with E-state index in [1.807, 2.05) is 36.4 Å². The van der Waals surface area contributed by atoms with E-state index in [9.17, 15) is 4.79 Å². The van der Waals surface area contributed by atoms with E-state index in [2.05, 4.69) is 5.32 Å². The Morgan fingerprint density at radius 2 is 1.74 bits per heavy atom. The van der Waals surface area contributed by atoms with E-state index in [0.29, 0.717) is 5.56 Å². The highest BCUT2D eigenvalue weighted by Gasteiger charge is 2.05. The van der Waals surface area contributed by atoms with Crippen molar-refractivity contribution in [2.45, 2.75) is 6.42 Å². The van der Waals surface area contributed by atoms with Gasteiger partial charge in [0.15, 0.2) is 0 Å². The molecule has 0 atom stereocenters. The van der Waals surface area contributed by atoms with Crippen LogP contribution in [0.2, 0.25) is 0 Å². The van der Waals surface area contributed by atoms with Gasteiger partial charge in [-0.25, -0.2) is 0 Å². The molecule has 2 aromatic carbocycles. The minimum absolute atomic E-state index is 0.421. The Morgan fingerprint density at radius 3 is 2.42 bits per heavy atom. The first kappa shape index (κ1) is 13.0. The first-order valence-electron chi connectivity index (χ1n) is 6.14. The average molecular weight is 255 g/mol. The number of carbonyl (C=O) groups is 1. The molecule has 0 unspecified atom stereocenters. The zero-order valence-corrected chi connectivity index (χ0v) is 10.6. The van der Waals surface area contributed by atoms with Gasteiger partial charge in [-0.2, -0.15) is 0 Å². The summed E-state index contributed by atoms with van der Waals surface area (Å²) in [7, 11) is 0. The van der Waals surface area contributed by atoms with Gasteiger partial charge in [-0.1, -0.05) is 24.3 Å². The summed E-state index contributed by atoms with van der Waals surface area (Å²) in [6.45, 7) is 0.730. The fourth-order valence-electron chi connectivity index (χ4n) is 1.88. The van der Waals surface area contributed by atoms with Crippen molar-refractivity contribution in [2.75, 3.05) is 17.6 Å². The van der Waals surface area contributed by atoms with Crippen molar-refractivity contribution in [3.05, 3.63) is 59.7 Å². The van der Waals surface area contributed by atoms with Crippen LogP contribution >= 0.6 is 0 Å². The van der Waals surface area contributed by atoms with E-state index in [1.54, 1.807) is 12.1 Å². The molecule has 98 valence electrons. The van der Waals surface area contributed by atoms with Crippen LogP contribution in [0.15, 0.2) is 48.5 Å². The number of para-hydroxylation sites is 1. The second-order valence-electron chi connectivity index (χ2n) is 4.33. The smallest absolute Gasteiger partial charge is 0.250 e. The van der Waals surface area contributed by atoms with Crippen LogP contribution in [0.1, 0.15) is 15.9 Å². The van der Waals surface area contributed by atoms with Gasteiger partial charge in [0.25, 0.3) is 5.91 Å². The van der Waals surface area contributed by atoms with Crippen LogP contribution in [0.3, 0.4) is 0 Å². The van der Waals surface area contributed by atoms with Crippen LogP contribution in [0.25, 0.3) is 0 Å². The van der Waals surface area contributed by atoms with Gasteiger partial charge < -0.3 is 16.8 Å². The van der Waals surface area contributed by atoms with Gasteiger partial charge in [0.2, 0.25) is 0 Å². The molecule has 2 aromatic rings. The standard InChI is InChI=1S/C15H17N3O/c16-12-7-5-11(6-8-12)9-10-18-14-4-2-1-3-13(14)15(17)19/h1-8,18H,9-10,16H2,(H2,17,19). The maximum absolute atomic E-state index is 11.3. The SMILES string of the molecule is NC(=O)c1ccccc1NCCc1ccc(N)cc1. The van der Waals surface area contributed by atoms with E-state index < -0.39 is 5.91 Å². The number of primary amides is 1. The third-order valence-corrected chi connectivity index (χ3v) is 2.90. The number of hydrogen-bond acceptors (Lipinski definition) is 3. The fourth-order valence-corrected chi connectivity index (χ4v) is 1.88. The van der Waals surface area contributed by atoms with Crippen LogP contribution in [0.4, 0.5) is 11.4 Å². The van der Waals surface area contributed by atoms with E-state index in [0.717, 1.165) is 24.3 Å². The van der Waals surface area contributed by atoms with E-state index in [-0.39, 0.29) is 0 Å². The third kappa shape index (κ3) is 3.48. The molecule has 0 saturated heterocycles. The molecular formula is C15H17N3O. The van der Waals surface area contributed by atoms with Crippen LogP contribution in [-0.2, 0) is 6.42 Å². The molecule has 0 saturated carbocycles. The highest BCUT2D eigenvalue weighted by atomic mass is 16.1. The number of carbonyl (C=O) groups excluding carboxylic acids is 1. The molecule has 0 aliphatic carbocycles. The number of amides is 1. The summed E-state index contributed by atoms with van der Waals surface area (Å²) in [4.78, 5) is 11.3. The first-order valence-corrected chi connectivity index (χ1v) is 6.14. The van der Waals surface area contributed by atoms with Gasteiger partial charge in [0.05, 0.1) is 5.56 Å². The van der Waals surface area contributed by atoms with Crippen molar-refractivity contribution in [2.24, 2.45) is 5.73 Å². The van der Waals surface area contributed by atoms with Gasteiger partial charge in [-0.15, -0.1) is 0 Å². The number of nitrogens with one attached hydrogen (secondary N) is 1. The quantitative estimate of drug-likeness (QED) is 0.715. The van der Waals surface area contributed by atoms with Gasteiger partial charge in [-0.05, 0) is 36.2 Å². The molecule has 1 amide bonds. The van der Waals surface area contributed by atoms with Crippen LogP contribution < -0.4 is 16.8 Å². The van der Waals surface area contributed by atoms with Crippen molar-refractivity contribution in [1.29, 1.82) is 0 Å². The number of hydrogen-bond donors (Lipinski definition) is 3. The highest BCUT2D eigenvalue weighted by Crippen LogP contribution is 2.14. The lowest BCUT2D eigenvalue weighted by molar-refractivity contribution is 0.100. The summed E-state index contributed by atoms with van der Waals surface area (Å²) < 4.78 is 0. The highest BCUT2D eigenvalue weighted by molar-refractivity contribution is 5.98. The lowest BCUT2D eigenvalue weighted by atomic mass is 10.1. The minimum atomic E-state index is -0.421. The monoisotopic (exact) mass is 255 g/mol. The Balaban J connectivity index is 1.96. The summed E-state index contributed by atoms with van der Waals surface area (Å²) in [6.07, 6.45) is 0.855. The van der Waals surface area contributed by atoms with Gasteiger partial charge >= 0.3 is 0 Å². The predicted octanol–water partition coefficient (Wildman–Crippen LogP) is 2.02. The summed E-state index contributed by atoms with van der Waals surface area (Å²) in [5.74, 6) is -0.421. The van der Waals surface area contributed by atoms with Crippen LogP contribution in [0.5, 0.6) is 0 Å². The third-order valence-electron chi connectivity index (χ3n) is 2.90. The first-order chi connectivity index (χ1) is 9.16. The van der Waals surface area contributed by atoms with Crippen molar-refractivity contribution >= 4 is 17.3 Å². The molecular weight excluding hydrogens is 238 g/mol. The topological polar surface area (TPSA) is 81.1 Å². The second-order valence-corrected chi connectivity index (χ2v) is 4.33. The minimum Gasteiger partial charge on any atom is -0.399 e. The zero-order chi connectivity index (χ0) is 13.7. The molecule has 0 aliphatic heterocycles. The van der Waals surface area contributed by atoms with Crippen molar-refractivity contribution < 1.29 is 4.79 Å². The van der Waals surface area contributed by atoms with Crippen molar-refractivity contribution in [1.82, 2.24) is 0 Å². The summed E-state index contributed by atoms with van der Waals surface area (Å²) in [5.41, 5.74) is 14.2. The van der Waals surface area contributed by atoms with Crippen LogP contribution in [-0.4, -0.2) is 12.5 Å². The van der Waals surface area contributed by atoms with E-state index in [1.165, 1.54) is 5.56 Å². The van der Waals surface area contributed by atoms with E-state index >= 15 is 0 Å². The molecule has 2 rings (SSSR count). The number of nitrogens with two attached hydrogens (primary N) is 2. The Labute approximate surface area is 112 Å². The number of nitrogen functional groups attached to an aromatic ring is 1. The molecule has 0 aromatic heterocycles. The Morgan fingerprint density at radius 1 is 1.05 bits per heavy atom. The Kier molecular flexibility index (Phi) is 4.03. The maximum Gasteiger partial charge on any atom is 0.250 e. The molecule has 0 fully saturated rings. The Bertz CT molecular complexity index is 564. The largest absolute Gasteiger partial charge is 0.399 e. The molecule has 0 radical (unpaired) electrons. The van der Waals surface area contributed by atoms with Gasteiger partial charge in [0.1, 0.15) is 0 Å². The molecule has 5 N–H and O–H groups in total. The van der Waals surface area contributed by atoms with Crippen molar-refractivity contribution in [3.63, 3.8) is 0 Å². The Hall–Kier alpha value is -2.49. The summed E-state index contributed by atoms with van der Waals surface area (Å²) in [6, 6.07) is 15.0.